The van der Waals surface area contributed by atoms with Crippen molar-refractivity contribution >= 4 is 17.7 Å². The first-order valence-electron chi connectivity index (χ1n) is 11.1. The number of hydrogen-bond acceptors (Lipinski definition) is 4. The fourth-order valence-electron chi connectivity index (χ4n) is 4.24. The average Bonchev–Trinajstić information content (AvgIpc) is 3.03. The predicted octanol–water partition coefficient (Wildman–Crippen LogP) is 3.40. The van der Waals surface area contributed by atoms with Crippen LogP contribution in [-0.4, -0.2) is 53.7 Å². The Labute approximate surface area is 183 Å². The summed E-state index contributed by atoms with van der Waals surface area (Å²) in [5.74, 6) is -0.868. The van der Waals surface area contributed by atoms with Gasteiger partial charge in [0.15, 0.2) is 0 Å². The van der Waals surface area contributed by atoms with Gasteiger partial charge in [-0.25, -0.2) is 0 Å². The van der Waals surface area contributed by atoms with Crippen LogP contribution in [0.2, 0.25) is 0 Å². The van der Waals surface area contributed by atoms with Gasteiger partial charge in [-0.2, -0.15) is 0 Å². The van der Waals surface area contributed by atoms with E-state index in [1.165, 1.54) is 24.2 Å². The van der Waals surface area contributed by atoms with Crippen molar-refractivity contribution in [1.82, 2.24) is 15.1 Å². The highest BCUT2D eigenvalue weighted by Gasteiger charge is 2.36. The molecule has 162 valence electrons. The Morgan fingerprint density at radius 2 is 1.65 bits per heavy atom. The highest BCUT2D eigenvalue weighted by atomic mass is 16.2. The molecule has 0 spiro atoms. The van der Waals surface area contributed by atoms with E-state index >= 15 is 0 Å². The molecule has 3 amide bonds. The summed E-state index contributed by atoms with van der Waals surface area (Å²) in [7, 11) is 0. The molecule has 2 aromatic carbocycles. The lowest BCUT2D eigenvalue weighted by molar-refractivity contribution is 0.0642. The summed E-state index contributed by atoms with van der Waals surface area (Å²) in [5, 5.41) is 2.94. The Balaban J connectivity index is 1.35. The third-order valence-electron chi connectivity index (χ3n) is 6.08. The van der Waals surface area contributed by atoms with Crippen molar-refractivity contribution in [3.8, 4) is 0 Å². The summed E-state index contributed by atoms with van der Waals surface area (Å²) >= 11 is 0. The maximum Gasteiger partial charge on any atom is 0.261 e. The van der Waals surface area contributed by atoms with Crippen molar-refractivity contribution in [2.24, 2.45) is 0 Å². The highest BCUT2D eigenvalue weighted by molar-refractivity contribution is 6.22. The number of amides is 3. The molecule has 0 bridgehead atoms. The summed E-state index contributed by atoms with van der Waals surface area (Å²) in [6.07, 6.45) is 4.73. The minimum Gasteiger partial charge on any atom is -0.352 e. The lowest BCUT2D eigenvalue weighted by Gasteiger charge is -2.26. The number of likely N-dealkylation sites (tertiary alicyclic amines) is 1. The van der Waals surface area contributed by atoms with Crippen molar-refractivity contribution < 1.29 is 14.4 Å². The Hall–Kier alpha value is -2.99. The van der Waals surface area contributed by atoms with E-state index in [2.05, 4.69) is 10.2 Å². The Morgan fingerprint density at radius 3 is 2.39 bits per heavy atom. The normalized spacial score (nSPS) is 16.5. The molecule has 2 aliphatic heterocycles. The van der Waals surface area contributed by atoms with Crippen molar-refractivity contribution in [3.63, 3.8) is 0 Å². The number of imide groups is 1. The number of carbonyl (C=O) groups is 3. The third-order valence-corrected chi connectivity index (χ3v) is 6.08. The minimum absolute atomic E-state index is 0.210. The van der Waals surface area contributed by atoms with Crippen molar-refractivity contribution in [3.05, 3.63) is 70.3 Å². The number of nitrogens with zero attached hydrogens (tertiary/aromatic N) is 2. The quantitative estimate of drug-likeness (QED) is 0.552. The Kier molecular flexibility index (Phi) is 6.47. The van der Waals surface area contributed by atoms with Gasteiger partial charge in [0, 0.05) is 12.1 Å². The SMILES string of the molecule is Cc1ccc(CN2C(=O)c3ccc(C(=O)NCCCN4CCCCC4)cc3C2=O)cc1. The van der Waals surface area contributed by atoms with Crippen LogP contribution in [0.3, 0.4) is 0 Å². The van der Waals surface area contributed by atoms with Gasteiger partial charge in [-0.05, 0) is 69.6 Å². The Bertz CT molecular complexity index is 978. The molecule has 0 radical (unpaired) electrons. The molecular weight excluding hydrogens is 390 g/mol. The third kappa shape index (κ3) is 4.85. The van der Waals surface area contributed by atoms with E-state index < -0.39 is 0 Å². The van der Waals surface area contributed by atoms with Crippen LogP contribution in [0.25, 0.3) is 0 Å². The van der Waals surface area contributed by atoms with E-state index in [1.54, 1.807) is 18.2 Å². The number of rotatable bonds is 7. The molecule has 1 N–H and O–H groups in total. The monoisotopic (exact) mass is 419 g/mol. The van der Waals surface area contributed by atoms with Crippen LogP contribution in [0, 0.1) is 6.92 Å². The fourth-order valence-corrected chi connectivity index (χ4v) is 4.24. The van der Waals surface area contributed by atoms with Crippen LogP contribution in [0.15, 0.2) is 42.5 Å². The van der Waals surface area contributed by atoms with E-state index in [0.717, 1.165) is 37.2 Å². The number of nitrogens with one attached hydrogen (secondary N) is 1. The first-order valence-corrected chi connectivity index (χ1v) is 11.1. The molecule has 4 rings (SSSR count). The van der Waals surface area contributed by atoms with Crippen LogP contribution in [-0.2, 0) is 6.54 Å². The second-order valence-corrected chi connectivity index (χ2v) is 8.45. The molecule has 0 atom stereocenters. The first kappa shape index (κ1) is 21.2. The van der Waals surface area contributed by atoms with Gasteiger partial charge in [-0.1, -0.05) is 36.2 Å². The number of hydrogen-bond donors (Lipinski definition) is 1. The number of piperidine rings is 1. The van der Waals surface area contributed by atoms with Gasteiger partial charge < -0.3 is 10.2 Å². The van der Waals surface area contributed by atoms with Gasteiger partial charge >= 0.3 is 0 Å². The zero-order chi connectivity index (χ0) is 21.8. The zero-order valence-corrected chi connectivity index (χ0v) is 18.0. The minimum atomic E-state index is -0.347. The van der Waals surface area contributed by atoms with Crippen molar-refractivity contribution in [2.45, 2.75) is 39.2 Å². The molecule has 0 saturated carbocycles. The molecule has 2 aromatic rings. The molecule has 2 aliphatic rings. The molecule has 0 aromatic heterocycles. The number of carbonyl (C=O) groups excluding carboxylic acids is 3. The smallest absolute Gasteiger partial charge is 0.261 e. The highest BCUT2D eigenvalue weighted by Crippen LogP contribution is 2.26. The van der Waals surface area contributed by atoms with Gasteiger partial charge in [-0.15, -0.1) is 0 Å². The Morgan fingerprint density at radius 1 is 0.935 bits per heavy atom. The van der Waals surface area contributed by atoms with E-state index in [-0.39, 0.29) is 24.3 Å². The van der Waals surface area contributed by atoms with Gasteiger partial charge in [-0.3, -0.25) is 19.3 Å². The molecule has 0 unspecified atom stereocenters. The van der Waals surface area contributed by atoms with Crippen LogP contribution in [0.5, 0.6) is 0 Å². The molecule has 6 heteroatoms. The van der Waals surface area contributed by atoms with Crippen LogP contribution in [0.4, 0.5) is 0 Å². The summed E-state index contributed by atoms with van der Waals surface area (Å²) in [6.45, 7) is 6.10. The van der Waals surface area contributed by atoms with Gasteiger partial charge in [0.1, 0.15) is 0 Å². The van der Waals surface area contributed by atoms with Crippen molar-refractivity contribution in [1.29, 1.82) is 0 Å². The molecule has 6 nitrogen and oxygen atoms in total. The first-order chi connectivity index (χ1) is 15.0. The molecule has 1 fully saturated rings. The molecule has 31 heavy (non-hydrogen) atoms. The van der Waals surface area contributed by atoms with Crippen LogP contribution < -0.4 is 5.32 Å². The fraction of sp³-hybridized carbons (Fsp3) is 0.400. The second-order valence-electron chi connectivity index (χ2n) is 8.45. The summed E-state index contributed by atoms with van der Waals surface area (Å²) in [4.78, 5) is 41.8. The zero-order valence-electron chi connectivity index (χ0n) is 18.0. The van der Waals surface area contributed by atoms with Crippen molar-refractivity contribution in [2.75, 3.05) is 26.2 Å². The number of benzene rings is 2. The van der Waals surface area contributed by atoms with E-state index in [4.69, 9.17) is 0 Å². The van der Waals surface area contributed by atoms with E-state index in [1.807, 2.05) is 31.2 Å². The van der Waals surface area contributed by atoms with Crippen LogP contribution >= 0.6 is 0 Å². The van der Waals surface area contributed by atoms with Gasteiger partial charge in [0.2, 0.25) is 0 Å². The molecule has 2 heterocycles. The van der Waals surface area contributed by atoms with E-state index in [9.17, 15) is 14.4 Å². The van der Waals surface area contributed by atoms with Gasteiger partial charge in [0.05, 0.1) is 17.7 Å². The average molecular weight is 420 g/mol. The topological polar surface area (TPSA) is 69.7 Å². The standard InChI is InChI=1S/C25H29N3O3/c1-18-6-8-19(9-7-18)17-28-24(30)21-11-10-20(16-22(21)25(28)31)23(29)26-12-5-15-27-13-3-2-4-14-27/h6-11,16H,2-5,12-15,17H2,1H3,(H,26,29). The predicted molar refractivity (Wildman–Crippen MR) is 119 cm³/mol. The summed E-state index contributed by atoms with van der Waals surface area (Å²) in [6, 6.07) is 12.5. The lowest BCUT2D eigenvalue weighted by atomic mass is 10.1. The maximum atomic E-state index is 12.9. The number of aryl methyl sites for hydroxylation is 1. The lowest BCUT2D eigenvalue weighted by Crippen LogP contribution is -2.33. The maximum absolute atomic E-state index is 12.9. The van der Waals surface area contributed by atoms with E-state index in [0.29, 0.717) is 23.2 Å². The van der Waals surface area contributed by atoms with Crippen LogP contribution in [0.1, 0.15) is 67.9 Å². The molecule has 1 saturated heterocycles. The molecular formula is C25H29N3O3. The number of fused-ring (bicyclic) bond motifs is 1. The summed E-state index contributed by atoms with van der Waals surface area (Å²) in [5.41, 5.74) is 3.09. The second kappa shape index (κ2) is 9.43. The van der Waals surface area contributed by atoms with Gasteiger partial charge in [0.25, 0.3) is 17.7 Å². The largest absolute Gasteiger partial charge is 0.352 e. The summed E-state index contributed by atoms with van der Waals surface area (Å²) < 4.78 is 0. The molecule has 0 aliphatic carbocycles.